The molecular formula is C33H31N3O3. The molecule has 0 saturated heterocycles. The first-order chi connectivity index (χ1) is 19.0. The number of hydrogen-bond donors (Lipinski definition) is 2. The zero-order valence-corrected chi connectivity index (χ0v) is 21.8. The highest BCUT2D eigenvalue weighted by molar-refractivity contribution is 5.95. The lowest BCUT2D eigenvalue weighted by molar-refractivity contribution is -0.146. The van der Waals surface area contributed by atoms with Crippen molar-refractivity contribution in [1.82, 2.24) is 5.32 Å². The lowest BCUT2D eigenvalue weighted by atomic mass is 9.87. The summed E-state index contributed by atoms with van der Waals surface area (Å²) in [6.45, 7) is 0.486. The first kappa shape index (κ1) is 27.3. The highest BCUT2D eigenvalue weighted by Gasteiger charge is 2.31. The van der Waals surface area contributed by atoms with Crippen molar-refractivity contribution in [3.05, 3.63) is 131 Å². The van der Waals surface area contributed by atoms with Gasteiger partial charge in [-0.2, -0.15) is 5.26 Å². The lowest BCUT2D eigenvalue weighted by Crippen LogP contribution is -2.46. The Labute approximate surface area is 229 Å². The summed E-state index contributed by atoms with van der Waals surface area (Å²) in [6.07, 6.45) is 0.758. The van der Waals surface area contributed by atoms with Crippen molar-refractivity contribution in [2.45, 2.75) is 25.4 Å². The molecule has 0 spiro atoms. The summed E-state index contributed by atoms with van der Waals surface area (Å²) in [5.41, 5.74) is 11.6. The van der Waals surface area contributed by atoms with E-state index in [0.717, 1.165) is 27.8 Å². The van der Waals surface area contributed by atoms with E-state index in [1.54, 1.807) is 30.3 Å². The van der Waals surface area contributed by atoms with Gasteiger partial charge in [0.2, 0.25) is 0 Å². The summed E-state index contributed by atoms with van der Waals surface area (Å²) in [7, 11) is 1.35. The van der Waals surface area contributed by atoms with Crippen molar-refractivity contribution in [1.29, 1.82) is 5.26 Å². The van der Waals surface area contributed by atoms with Gasteiger partial charge in [-0.05, 0) is 64.9 Å². The van der Waals surface area contributed by atoms with Gasteiger partial charge in [0.15, 0.2) is 0 Å². The average molecular weight is 518 g/mol. The van der Waals surface area contributed by atoms with E-state index in [9.17, 15) is 14.9 Å². The topological polar surface area (TPSA) is 105 Å². The van der Waals surface area contributed by atoms with Crippen molar-refractivity contribution < 1.29 is 14.3 Å². The third kappa shape index (κ3) is 7.19. The van der Waals surface area contributed by atoms with E-state index in [1.165, 1.54) is 7.11 Å². The summed E-state index contributed by atoms with van der Waals surface area (Å²) in [5, 5.41) is 12.4. The molecule has 0 aliphatic carbocycles. The number of rotatable bonds is 10. The zero-order chi connectivity index (χ0) is 27.6. The van der Waals surface area contributed by atoms with Crippen molar-refractivity contribution in [2.24, 2.45) is 11.7 Å². The van der Waals surface area contributed by atoms with E-state index in [2.05, 4.69) is 11.4 Å². The minimum absolute atomic E-state index is 0.277. The second-order valence-corrected chi connectivity index (χ2v) is 9.39. The van der Waals surface area contributed by atoms with Gasteiger partial charge in [0, 0.05) is 18.2 Å². The van der Waals surface area contributed by atoms with E-state index in [0.29, 0.717) is 30.5 Å². The highest BCUT2D eigenvalue weighted by atomic mass is 16.5. The summed E-state index contributed by atoms with van der Waals surface area (Å²) in [5.74, 6) is -1.36. The fraction of sp³-hybridized carbons (Fsp3) is 0.182. The third-order valence-electron chi connectivity index (χ3n) is 6.79. The first-order valence-electron chi connectivity index (χ1n) is 12.8. The molecule has 0 saturated carbocycles. The highest BCUT2D eigenvalue weighted by Crippen LogP contribution is 2.22. The van der Waals surface area contributed by atoms with Crippen LogP contribution >= 0.6 is 0 Å². The van der Waals surface area contributed by atoms with Crippen molar-refractivity contribution in [3.63, 3.8) is 0 Å². The van der Waals surface area contributed by atoms with Crippen LogP contribution in [0.1, 0.15) is 32.6 Å². The smallest absolute Gasteiger partial charge is 0.311 e. The number of esters is 1. The van der Waals surface area contributed by atoms with Crippen molar-refractivity contribution in [3.8, 4) is 17.2 Å². The molecule has 0 aliphatic heterocycles. The Morgan fingerprint density at radius 3 is 2.08 bits per heavy atom. The summed E-state index contributed by atoms with van der Waals surface area (Å²) in [4.78, 5) is 26.4. The minimum atomic E-state index is -0.659. The summed E-state index contributed by atoms with van der Waals surface area (Å²) >= 11 is 0. The van der Waals surface area contributed by atoms with Crippen LogP contribution in [-0.4, -0.2) is 25.0 Å². The SMILES string of the molecule is COC(=O)C(Cc1cccc(C#N)c1)C(Cc1ccccc1)NC(=O)c1ccc(-c2ccc(CN)cc2)cc1. The Hall–Kier alpha value is -4.73. The fourth-order valence-electron chi connectivity index (χ4n) is 4.62. The third-order valence-corrected chi connectivity index (χ3v) is 6.79. The molecule has 196 valence electrons. The second kappa shape index (κ2) is 13.2. The van der Waals surface area contributed by atoms with Gasteiger partial charge in [0.05, 0.1) is 24.7 Å². The van der Waals surface area contributed by atoms with Crippen LogP contribution in [0.5, 0.6) is 0 Å². The molecule has 4 aromatic rings. The molecule has 0 aromatic heterocycles. The molecule has 0 heterocycles. The maximum absolute atomic E-state index is 13.4. The molecule has 39 heavy (non-hydrogen) atoms. The lowest BCUT2D eigenvalue weighted by Gasteiger charge is -2.27. The molecule has 0 aliphatic rings. The quantitative estimate of drug-likeness (QED) is 0.286. The number of ether oxygens (including phenoxy) is 1. The number of benzene rings is 4. The Bertz CT molecular complexity index is 1440. The number of carbonyl (C=O) groups excluding carboxylic acids is 2. The average Bonchev–Trinajstić information content (AvgIpc) is 3.00. The van der Waals surface area contributed by atoms with Gasteiger partial charge in [-0.25, -0.2) is 0 Å². The van der Waals surface area contributed by atoms with Crippen LogP contribution in [0.25, 0.3) is 11.1 Å². The van der Waals surface area contributed by atoms with Gasteiger partial charge in [-0.3, -0.25) is 9.59 Å². The molecule has 1 amide bonds. The molecule has 2 atom stereocenters. The maximum Gasteiger partial charge on any atom is 0.311 e. The van der Waals surface area contributed by atoms with Crippen LogP contribution < -0.4 is 11.1 Å². The van der Waals surface area contributed by atoms with Crippen LogP contribution in [-0.2, 0) is 28.9 Å². The molecular weight excluding hydrogens is 486 g/mol. The zero-order valence-electron chi connectivity index (χ0n) is 21.8. The number of nitrogens with zero attached hydrogens (tertiary/aromatic N) is 1. The van der Waals surface area contributed by atoms with Gasteiger partial charge in [-0.1, -0.05) is 78.9 Å². The second-order valence-electron chi connectivity index (χ2n) is 9.39. The van der Waals surface area contributed by atoms with E-state index in [4.69, 9.17) is 10.5 Å². The predicted molar refractivity (Wildman–Crippen MR) is 152 cm³/mol. The summed E-state index contributed by atoms with van der Waals surface area (Å²) < 4.78 is 5.17. The fourth-order valence-corrected chi connectivity index (χ4v) is 4.62. The molecule has 3 N–H and O–H groups in total. The number of carbonyl (C=O) groups is 2. The standard InChI is InChI=1S/C33H31N3O3/c1-39-33(38)30(19-25-8-5-9-26(18-25)22-35)31(20-23-6-3-2-4-7-23)36-32(37)29-16-14-28(15-17-29)27-12-10-24(21-34)11-13-27/h2-18,30-31H,19-21,34H2,1H3,(H,36,37). The molecule has 0 bridgehead atoms. The van der Waals surface area contributed by atoms with Crippen LogP contribution in [0.2, 0.25) is 0 Å². The van der Waals surface area contributed by atoms with Crippen molar-refractivity contribution >= 4 is 11.9 Å². The number of hydrogen-bond acceptors (Lipinski definition) is 5. The molecule has 6 heteroatoms. The monoisotopic (exact) mass is 517 g/mol. The largest absolute Gasteiger partial charge is 0.469 e. The number of nitrogens with two attached hydrogens (primary N) is 1. The predicted octanol–water partition coefficient (Wildman–Crippen LogP) is 5.06. The molecule has 6 nitrogen and oxygen atoms in total. The Kier molecular flexibility index (Phi) is 9.23. The van der Waals surface area contributed by atoms with E-state index in [-0.39, 0.29) is 5.91 Å². The van der Waals surface area contributed by atoms with Crippen LogP contribution in [0.15, 0.2) is 103 Å². The summed E-state index contributed by atoms with van der Waals surface area (Å²) in [6, 6.07) is 33.8. The Morgan fingerprint density at radius 1 is 0.821 bits per heavy atom. The normalized spacial score (nSPS) is 12.1. The Morgan fingerprint density at radius 2 is 1.46 bits per heavy atom. The first-order valence-corrected chi connectivity index (χ1v) is 12.8. The van der Waals surface area contributed by atoms with Gasteiger partial charge < -0.3 is 15.8 Å². The van der Waals surface area contributed by atoms with Gasteiger partial charge in [0.1, 0.15) is 0 Å². The Balaban J connectivity index is 1.59. The van der Waals surface area contributed by atoms with E-state index in [1.807, 2.05) is 72.8 Å². The van der Waals surface area contributed by atoms with Crippen LogP contribution in [0, 0.1) is 17.2 Å². The van der Waals surface area contributed by atoms with Crippen LogP contribution in [0.3, 0.4) is 0 Å². The molecule has 4 rings (SSSR count). The molecule has 4 aromatic carbocycles. The number of nitriles is 1. The molecule has 0 fully saturated rings. The molecule has 2 unspecified atom stereocenters. The van der Waals surface area contributed by atoms with E-state index >= 15 is 0 Å². The van der Waals surface area contributed by atoms with E-state index < -0.39 is 17.9 Å². The van der Waals surface area contributed by atoms with Crippen LogP contribution in [0.4, 0.5) is 0 Å². The number of amides is 1. The van der Waals surface area contributed by atoms with Gasteiger partial charge in [0.25, 0.3) is 5.91 Å². The maximum atomic E-state index is 13.4. The minimum Gasteiger partial charge on any atom is -0.469 e. The van der Waals surface area contributed by atoms with Gasteiger partial charge in [-0.15, -0.1) is 0 Å². The number of methoxy groups -OCH3 is 1. The molecule has 0 radical (unpaired) electrons. The number of nitrogens with one attached hydrogen (secondary N) is 1. The van der Waals surface area contributed by atoms with Crippen molar-refractivity contribution in [2.75, 3.05) is 7.11 Å². The van der Waals surface area contributed by atoms with Gasteiger partial charge >= 0.3 is 5.97 Å².